The first-order valence-electron chi connectivity index (χ1n) is 9.08. The van der Waals surface area contributed by atoms with Crippen LogP contribution in [-0.4, -0.2) is 37.9 Å². The maximum Gasteiger partial charge on any atom is 0.123 e. The topological polar surface area (TPSA) is 27.7 Å². The Balaban J connectivity index is 1.60. The second kappa shape index (κ2) is 11.4. The average Bonchev–Trinajstić information content (AvgIpc) is 2.68. The van der Waals surface area contributed by atoms with E-state index in [0.717, 1.165) is 54.1 Å². The van der Waals surface area contributed by atoms with Crippen LogP contribution in [0.5, 0.6) is 11.5 Å². The SMILES string of the molecule is c1ccc2c(c1)CSCCOCCSCc1ccccc1OCCCO2. The lowest BCUT2D eigenvalue weighted by Gasteiger charge is -2.14. The highest BCUT2D eigenvalue weighted by atomic mass is 32.2. The van der Waals surface area contributed by atoms with E-state index in [9.17, 15) is 0 Å². The highest BCUT2D eigenvalue weighted by molar-refractivity contribution is 7.98. The maximum absolute atomic E-state index is 5.99. The number of ether oxygens (including phenoxy) is 3. The van der Waals surface area contributed by atoms with E-state index in [1.54, 1.807) is 0 Å². The molecule has 0 aliphatic carbocycles. The summed E-state index contributed by atoms with van der Waals surface area (Å²) in [6.07, 6.45) is 0.872. The van der Waals surface area contributed by atoms with Gasteiger partial charge in [-0.25, -0.2) is 0 Å². The lowest BCUT2D eigenvalue weighted by molar-refractivity contribution is 0.167. The van der Waals surface area contributed by atoms with E-state index >= 15 is 0 Å². The van der Waals surface area contributed by atoms with Crippen LogP contribution in [0.3, 0.4) is 0 Å². The van der Waals surface area contributed by atoms with E-state index in [1.165, 1.54) is 11.1 Å². The Kier molecular flexibility index (Phi) is 8.55. The van der Waals surface area contributed by atoms with Crippen molar-refractivity contribution in [3.8, 4) is 11.5 Å². The third kappa shape index (κ3) is 6.45. The van der Waals surface area contributed by atoms with Gasteiger partial charge in [-0.05, 0) is 12.1 Å². The predicted molar refractivity (Wildman–Crippen MR) is 112 cm³/mol. The minimum Gasteiger partial charge on any atom is -0.493 e. The minimum absolute atomic E-state index is 0.668. The molecule has 1 aliphatic rings. The number of hydrogen-bond donors (Lipinski definition) is 0. The first-order chi connectivity index (χ1) is 12.9. The minimum atomic E-state index is 0.668. The molecule has 0 fully saturated rings. The van der Waals surface area contributed by atoms with Crippen LogP contribution in [0.4, 0.5) is 0 Å². The number of benzene rings is 2. The van der Waals surface area contributed by atoms with Crippen LogP contribution in [0.1, 0.15) is 17.5 Å². The molecule has 0 spiro atoms. The van der Waals surface area contributed by atoms with E-state index in [1.807, 2.05) is 35.7 Å². The fraction of sp³-hybridized carbons (Fsp3) is 0.429. The molecule has 3 nitrogen and oxygen atoms in total. The van der Waals surface area contributed by atoms with Crippen LogP contribution >= 0.6 is 23.5 Å². The van der Waals surface area contributed by atoms with Gasteiger partial charge in [-0.1, -0.05) is 36.4 Å². The lowest BCUT2D eigenvalue weighted by atomic mass is 10.2. The molecule has 0 saturated carbocycles. The third-order valence-corrected chi connectivity index (χ3v) is 5.95. The van der Waals surface area contributed by atoms with E-state index in [0.29, 0.717) is 13.2 Å². The Labute approximate surface area is 164 Å². The van der Waals surface area contributed by atoms with Gasteiger partial charge in [0.2, 0.25) is 0 Å². The summed E-state index contributed by atoms with van der Waals surface area (Å²) in [5, 5.41) is 0. The fourth-order valence-corrected chi connectivity index (χ4v) is 4.33. The van der Waals surface area contributed by atoms with Crippen molar-refractivity contribution in [2.45, 2.75) is 17.9 Å². The van der Waals surface area contributed by atoms with Crippen molar-refractivity contribution in [3.63, 3.8) is 0 Å². The van der Waals surface area contributed by atoms with Gasteiger partial charge >= 0.3 is 0 Å². The number of hydrogen-bond acceptors (Lipinski definition) is 5. The number of rotatable bonds is 0. The van der Waals surface area contributed by atoms with Gasteiger partial charge in [-0.3, -0.25) is 0 Å². The summed E-state index contributed by atoms with van der Waals surface area (Å²) >= 11 is 3.79. The van der Waals surface area contributed by atoms with Gasteiger partial charge in [0.1, 0.15) is 11.5 Å². The Bertz CT molecular complexity index is 608. The summed E-state index contributed by atoms with van der Waals surface area (Å²) in [5.74, 6) is 5.90. The van der Waals surface area contributed by atoms with Crippen LogP contribution < -0.4 is 9.47 Å². The molecule has 3 rings (SSSR count). The first kappa shape index (κ1) is 19.5. The molecule has 0 saturated heterocycles. The molecule has 5 heteroatoms. The largest absolute Gasteiger partial charge is 0.493 e. The molecule has 26 heavy (non-hydrogen) atoms. The molecule has 0 unspecified atom stereocenters. The summed E-state index contributed by atoms with van der Waals surface area (Å²) in [7, 11) is 0. The highest BCUT2D eigenvalue weighted by Gasteiger charge is 2.06. The Morgan fingerprint density at radius 2 is 1.12 bits per heavy atom. The van der Waals surface area contributed by atoms with E-state index in [-0.39, 0.29) is 0 Å². The molecule has 0 N–H and O–H groups in total. The summed E-state index contributed by atoms with van der Waals surface area (Å²) < 4.78 is 17.7. The van der Waals surface area contributed by atoms with Gasteiger partial charge < -0.3 is 14.2 Å². The molecule has 1 aliphatic heterocycles. The van der Waals surface area contributed by atoms with Crippen molar-refractivity contribution >= 4 is 23.5 Å². The van der Waals surface area contributed by atoms with Crippen LogP contribution in [0.2, 0.25) is 0 Å². The zero-order chi connectivity index (χ0) is 17.9. The summed E-state index contributed by atoms with van der Waals surface area (Å²) in [5.41, 5.74) is 2.50. The van der Waals surface area contributed by atoms with Gasteiger partial charge in [0, 0.05) is 40.6 Å². The second-order valence-corrected chi connectivity index (χ2v) is 8.19. The lowest BCUT2D eigenvalue weighted by Crippen LogP contribution is -2.07. The smallest absolute Gasteiger partial charge is 0.123 e. The van der Waals surface area contributed by atoms with Crippen LogP contribution in [0, 0.1) is 0 Å². The molecule has 0 bridgehead atoms. The van der Waals surface area contributed by atoms with Crippen LogP contribution in [0.15, 0.2) is 48.5 Å². The molecule has 1 heterocycles. The van der Waals surface area contributed by atoms with E-state index in [4.69, 9.17) is 14.2 Å². The predicted octanol–water partition coefficient (Wildman–Crippen LogP) is 5.03. The van der Waals surface area contributed by atoms with Crippen molar-refractivity contribution in [1.82, 2.24) is 0 Å². The Morgan fingerprint density at radius 1 is 0.615 bits per heavy atom. The maximum atomic E-state index is 5.99. The molecule has 0 radical (unpaired) electrons. The highest BCUT2D eigenvalue weighted by Crippen LogP contribution is 2.25. The Hall–Kier alpha value is -1.30. The normalized spacial score (nSPS) is 17.5. The third-order valence-electron chi connectivity index (χ3n) is 4.01. The summed E-state index contributed by atoms with van der Waals surface area (Å²) in [6.45, 7) is 2.94. The van der Waals surface area contributed by atoms with Gasteiger partial charge in [0.25, 0.3) is 0 Å². The monoisotopic (exact) mass is 390 g/mol. The van der Waals surface area contributed by atoms with Crippen molar-refractivity contribution in [1.29, 1.82) is 0 Å². The molecule has 2 aromatic carbocycles. The van der Waals surface area contributed by atoms with Gasteiger partial charge in [-0.2, -0.15) is 23.5 Å². The summed E-state index contributed by atoms with van der Waals surface area (Å²) in [6, 6.07) is 16.6. The van der Waals surface area contributed by atoms with Crippen molar-refractivity contribution in [3.05, 3.63) is 59.7 Å². The summed E-state index contributed by atoms with van der Waals surface area (Å²) in [4.78, 5) is 0. The van der Waals surface area contributed by atoms with Crippen molar-refractivity contribution < 1.29 is 14.2 Å². The van der Waals surface area contributed by atoms with Crippen LogP contribution in [-0.2, 0) is 16.2 Å². The molecular formula is C21H26O3S2. The van der Waals surface area contributed by atoms with Gasteiger partial charge in [-0.15, -0.1) is 0 Å². The number of thioether (sulfide) groups is 2. The van der Waals surface area contributed by atoms with E-state index in [2.05, 4.69) is 36.4 Å². The van der Waals surface area contributed by atoms with Crippen LogP contribution in [0.25, 0.3) is 0 Å². The van der Waals surface area contributed by atoms with Crippen molar-refractivity contribution in [2.24, 2.45) is 0 Å². The molecule has 0 amide bonds. The zero-order valence-electron chi connectivity index (χ0n) is 15.0. The standard InChI is InChI=1S/C21H26O3S2/c1-3-8-20-18(6-1)16-25-14-12-22-13-15-26-17-19-7-2-4-9-21(19)24-11-5-10-23-20/h1-4,6-9H,5,10-17H2. The molecule has 0 aromatic heterocycles. The van der Waals surface area contributed by atoms with E-state index < -0.39 is 0 Å². The fourth-order valence-electron chi connectivity index (χ4n) is 2.65. The second-order valence-electron chi connectivity index (χ2n) is 5.98. The van der Waals surface area contributed by atoms with Gasteiger partial charge in [0.15, 0.2) is 0 Å². The molecular weight excluding hydrogens is 364 g/mol. The average molecular weight is 391 g/mol. The van der Waals surface area contributed by atoms with Crippen molar-refractivity contribution in [2.75, 3.05) is 37.9 Å². The zero-order valence-corrected chi connectivity index (χ0v) is 16.7. The number of para-hydroxylation sites is 2. The molecule has 140 valence electrons. The Morgan fingerprint density at radius 3 is 1.65 bits per heavy atom. The first-order valence-corrected chi connectivity index (χ1v) is 11.4. The number of fused-ring (bicyclic) bond motifs is 2. The quantitative estimate of drug-likeness (QED) is 0.629. The molecule has 2 aromatic rings. The van der Waals surface area contributed by atoms with Gasteiger partial charge in [0.05, 0.1) is 26.4 Å². The molecule has 0 atom stereocenters.